The average Bonchev–Trinajstić information content (AvgIpc) is 3.19. The lowest BCUT2D eigenvalue weighted by molar-refractivity contribution is -0.193. The SMILES string of the molecule is CNC(CCOc1ccc(C)c2ccccc12)(OC(=O)C(=O)OC(CCOc1ccc(C)c2ccccc12)(NC)c1ccc(C)cc1)c1ccc(C)cc1. The lowest BCUT2D eigenvalue weighted by Gasteiger charge is -2.35. The van der Waals surface area contributed by atoms with Gasteiger partial charge in [0.05, 0.1) is 13.2 Å². The lowest BCUT2D eigenvalue weighted by Crippen LogP contribution is -2.50. The molecule has 0 fully saturated rings. The average molecular weight is 725 g/mol. The summed E-state index contributed by atoms with van der Waals surface area (Å²) in [7, 11) is 3.38. The smallest absolute Gasteiger partial charge is 0.419 e. The second kappa shape index (κ2) is 16.5. The summed E-state index contributed by atoms with van der Waals surface area (Å²) < 4.78 is 24.9. The molecule has 0 heterocycles. The molecule has 0 spiro atoms. The van der Waals surface area contributed by atoms with Gasteiger partial charge in [-0.05, 0) is 75.8 Å². The van der Waals surface area contributed by atoms with Crippen LogP contribution < -0.4 is 20.1 Å². The molecular formula is C46H48N2O6. The monoisotopic (exact) mass is 724 g/mol. The second-order valence-corrected chi connectivity index (χ2v) is 13.7. The van der Waals surface area contributed by atoms with Crippen LogP contribution in [-0.2, 0) is 30.5 Å². The van der Waals surface area contributed by atoms with Gasteiger partial charge in [0, 0.05) is 34.7 Å². The Morgan fingerprint density at radius 3 is 1.19 bits per heavy atom. The fraction of sp³-hybridized carbons (Fsp3) is 0.261. The minimum absolute atomic E-state index is 0.180. The summed E-state index contributed by atoms with van der Waals surface area (Å²) in [5.74, 6) is -0.868. The minimum Gasteiger partial charge on any atom is -0.493 e. The number of carbonyl (C=O) groups is 2. The Bertz CT molecular complexity index is 2090. The van der Waals surface area contributed by atoms with Gasteiger partial charge in [-0.25, -0.2) is 9.59 Å². The van der Waals surface area contributed by atoms with Crippen molar-refractivity contribution in [1.29, 1.82) is 0 Å². The summed E-state index contributed by atoms with van der Waals surface area (Å²) in [6.45, 7) is 8.45. The van der Waals surface area contributed by atoms with Gasteiger partial charge in [0.1, 0.15) is 11.5 Å². The Balaban J connectivity index is 1.24. The minimum atomic E-state index is -1.41. The summed E-state index contributed by atoms with van der Waals surface area (Å²) in [5, 5.41) is 10.6. The molecule has 6 aromatic carbocycles. The number of fused-ring (bicyclic) bond motifs is 2. The van der Waals surface area contributed by atoms with Gasteiger partial charge in [-0.2, -0.15) is 0 Å². The molecule has 0 aliphatic carbocycles. The summed E-state index contributed by atoms with van der Waals surface area (Å²) in [5.41, 5.74) is 2.86. The number of hydrogen-bond donors (Lipinski definition) is 2. The predicted molar refractivity (Wildman–Crippen MR) is 214 cm³/mol. The van der Waals surface area contributed by atoms with Crippen LogP contribution in [0.3, 0.4) is 0 Å². The van der Waals surface area contributed by atoms with E-state index in [4.69, 9.17) is 18.9 Å². The van der Waals surface area contributed by atoms with E-state index in [0.717, 1.165) is 43.8 Å². The molecule has 0 bridgehead atoms. The number of hydrogen-bond acceptors (Lipinski definition) is 8. The quantitative estimate of drug-likeness (QED) is 0.0655. The number of esters is 2. The van der Waals surface area contributed by atoms with E-state index >= 15 is 0 Å². The highest BCUT2D eigenvalue weighted by Crippen LogP contribution is 2.34. The number of aryl methyl sites for hydroxylation is 4. The standard InChI is InChI=1S/C46H48N2O6/c1-31-15-21-35(22-16-31)45(47-5,27-29-51-41-25-19-33(3)37-11-7-9-13-39(37)41)53-43(49)44(50)54-46(48-6,36-23-17-32(2)18-24-36)28-30-52-42-26-20-34(4)38-12-8-10-14-40(38)42/h7-26,47-48H,27-30H2,1-6H3. The van der Waals surface area contributed by atoms with Gasteiger partial charge in [0.2, 0.25) is 0 Å². The van der Waals surface area contributed by atoms with E-state index in [1.54, 1.807) is 14.1 Å². The van der Waals surface area contributed by atoms with Gasteiger partial charge in [-0.1, -0.05) is 120 Å². The molecule has 2 atom stereocenters. The highest BCUT2D eigenvalue weighted by Gasteiger charge is 2.42. The maximum Gasteiger partial charge on any atom is 0.419 e. The van der Waals surface area contributed by atoms with Crippen molar-refractivity contribution in [1.82, 2.24) is 10.6 Å². The van der Waals surface area contributed by atoms with E-state index in [1.165, 1.54) is 0 Å². The molecule has 0 aliphatic rings. The Hall–Kier alpha value is -5.70. The Kier molecular flexibility index (Phi) is 11.6. The molecule has 0 saturated carbocycles. The van der Waals surface area contributed by atoms with Crippen molar-refractivity contribution in [3.8, 4) is 11.5 Å². The summed E-state index contributed by atoms with van der Waals surface area (Å²) in [4.78, 5) is 27.8. The zero-order chi connectivity index (χ0) is 38.3. The van der Waals surface area contributed by atoms with Crippen molar-refractivity contribution in [3.63, 3.8) is 0 Å². The first kappa shape index (κ1) is 38.0. The molecular weight excluding hydrogens is 677 g/mol. The first-order valence-electron chi connectivity index (χ1n) is 18.3. The molecule has 6 rings (SSSR count). The molecule has 278 valence electrons. The fourth-order valence-corrected chi connectivity index (χ4v) is 6.90. The van der Waals surface area contributed by atoms with Crippen molar-refractivity contribution in [2.75, 3.05) is 27.3 Å². The van der Waals surface area contributed by atoms with Crippen molar-refractivity contribution in [2.24, 2.45) is 0 Å². The molecule has 6 aromatic rings. The van der Waals surface area contributed by atoms with Crippen LogP contribution in [0.25, 0.3) is 21.5 Å². The first-order chi connectivity index (χ1) is 26.1. The molecule has 0 amide bonds. The Morgan fingerprint density at radius 1 is 0.481 bits per heavy atom. The predicted octanol–water partition coefficient (Wildman–Crippen LogP) is 8.70. The van der Waals surface area contributed by atoms with E-state index < -0.39 is 23.4 Å². The first-order valence-corrected chi connectivity index (χ1v) is 18.3. The van der Waals surface area contributed by atoms with Crippen molar-refractivity contribution < 1.29 is 28.5 Å². The van der Waals surface area contributed by atoms with E-state index in [2.05, 4.69) is 36.6 Å². The maximum atomic E-state index is 13.9. The molecule has 54 heavy (non-hydrogen) atoms. The van der Waals surface area contributed by atoms with Crippen LogP contribution in [-0.4, -0.2) is 39.2 Å². The van der Waals surface area contributed by atoms with E-state index in [9.17, 15) is 9.59 Å². The van der Waals surface area contributed by atoms with Gasteiger partial charge < -0.3 is 18.9 Å². The van der Waals surface area contributed by atoms with Crippen molar-refractivity contribution in [3.05, 3.63) is 155 Å². The van der Waals surface area contributed by atoms with Crippen LogP contribution in [0.15, 0.2) is 121 Å². The lowest BCUT2D eigenvalue weighted by atomic mass is 9.97. The summed E-state index contributed by atoms with van der Waals surface area (Å²) >= 11 is 0. The number of nitrogens with one attached hydrogen (secondary N) is 2. The molecule has 0 saturated heterocycles. The van der Waals surface area contributed by atoms with Crippen LogP contribution in [0, 0.1) is 27.7 Å². The maximum absolute atomic E-state index is 13.9. The molecule has 2 unspecified atom stereocenters. The third-order valence-electron chi connectivity index (χ3n) is 10.2. The third-order valence-corrected chi connectivity index (χ3v) is 10.2. The molecule has 8 nitrogen and oxygen atoms in total. The normalized spacial score (nSPS) is 13.5. The molecule has 2 N–H and O–H groups in total. The van der Waals surface area contributed by atoms with Crippen LogP contribution in [0.2, 0.25) is 0 Å². The van der Waals surface area contributed by atoms with Gasteiger partial charge in [0.25, 0.3) is 0 Å². The van der Waals surface area contributed by atoms with Crippen molar-refractivity contribution in [2.45, 2.75) is 52.0 Å². The zero-order valence-electron chi connectivity index (χ0n) is 31.8. The summed E-state index contributed by atoms with van der Waals surface area (Å²) in [6.07, 6.45) is 0.391. The molecule has 0 aromatic heterocycles. The zero-order valence-corrected chi connectivity index (χ0v) is 31.8. The highest BCUT2D eigenvalue weighted by atomic mass is 16.6. The van der Waals surface area contributed by atoms with Crippen LogP contribution in [0.1, 0.15) is 46.2 Å². The second-order valence-electron chi connectivity index (χ2n) is 13.7. The number of benzene rings is 6. The van der Waals surface area contributed by atoms with E-state index in [-0.39, 0.29) is 26.1 Å². The fourth-order valence-electron chi connectivity index (χ4n) is 6.90. The van der Waals surface area contributed by atoms with Gasteiger partial charge in [0.15, 0.2) is 11.4 Å². The largest absolute Gasteiger partial charge is 0.493 e. The summed E-state index contributed by atoms with van der Waals surface area (Å²) in [6, 6.07) is 39.3. The topological polar surface area (TPSA) is 95.1 Å². The van der Waals surface area contributed by atoms with E-state index in [1.807, 2.05) is 123 Å². The van der Waals surface area contributed by atoms with E-state index in [0.29, 0.717) is 22.6 Å². The van der Waals surface area contributed by atoms with Crippen molar-refractivity contribution >= 4 is 33.5 Å². The molecule has 0 radical (unpaired) electrons. The van der Waals surface area contributed by atoms with Gasteiger partial charge in [-0.15, -0.1) is 0 Å². The molecule has 8 heteroatoms. The van der Waals surface area contributed by atoms with Crippen LogP contribution in [0.5, 0.6) is 11.5 Å². The number of ether oxygens (including phenoxy) is 4. The molecule has 0 aliphatic heterocycles. The number of rotatable bonds is 14. The van der Waals surface area contributed by atoms with Gasteiger partial charge >= 0.3 is 11.9 Å². The Labute approximate surface area is 317 Å². The van der Waals surface area contributed by atoms with Crippen LogP contribution in [0.4, 0.5) is 0 Å². The highest BCUT2D eigenvalue weighted by molar-refractivity contribution is 6.30. The number of carbonyl (C=O) groups excluding carboxylic acids is 2. The van der Waals surface area contributed by atoms with Gasteiger partial charge in [-0.3, -0.25) is 10.6 Å². The van der Waals surface area contributed by atoms with Crippen LogP contribution >= 0.6 is 0 Å². The Morgan fingerprint density at radius 2 is 0.833 bits per heavy atom. The third kappa shape index (κ3) is 8.10.